The number of hydrogen-bond donors (Lipinski definition) is 1. The number of rotatable bonds is 5. The van der Waals surface area contributed by atoms with Crippen LogP contribution in [-0.4, -0.2) is 35.1 Å². The molecule has 9 heteroatoms. The zero-order valence-electron chi connectivity index (χ0n) is 21.1. The molecule has 3 aromatic rings. The minimum atomic E-state index is -0.285. The summed E-state index contributed by atoms with van der Waals surface area (Å²) in [6.45, 7) is 6.21. The fraction of sp³-hybridized carbons (Fsp3) is 0.414. The summed E-state index contributed by atoms with van der Waals surface area (Å²) in [5, 5.41) is 1.15. The SMILES string of the molecule is CCN(CC)c1ccc(C2c3sc(=O)[nH]c3SC3C2[C@H]2C[C@@H]3C3C(=O)N(c4ccc(Br)cc4)C(=O)C32)cc1. The van der Waals surface area contributed by atoms with Gasteiger partial charge in [-0.15, -0.1) is 11.8 Å². The summed E-state index contributed by atoms with van der Waals surface area (Å²) in [4.78, 5) is 48.0. The molecule has 1 N–H and O–H groups in total. The van der Waals surface area contributed by atoms with Gasteiger partial charge in [0.25, 0.3) is 0 Å². The van der Waals surface area contributed by atoms with E-state index in [1.807, 2.05) is 24.3 Å². The number of carbonyl (C=O) groups is 2. The average Bonchev–Trinajstić information content (AvgIpc) is 3.65. The summed E-state index contributed by atoms with van der Waals surface area (Å²) in [5.41, 5.74) is 3.04. The first-order chi connectivity index (χ1) is 18.4. The van der Waals surface area contributed by atoms with E-state index in [9.17, 15) is 14.4 Å². The topological polar surface area (TPSA) is 73.5 Å². The van der Waals surface area contributed by atoms with Crippen molar-refractivity contribution in [2.24, 2.45) is 29.6 Å². The second kappa shape index (κ2) is 9.10. The van der Waals surface area contributed by atoms with Crippen molar-refractivity contribution in [1.29, 1.82) is 0 Å². The number of thiazole rings is 1. The van der Waals surface area contributed by atoms with Gasteiger partial charge in [0.1, 0.15) is 0 Å². The van der Waals surface area contributed by atoms with Crippen LogP contribution in [0.25, 0.3) is 0 Å². The van der Waals surface area contributed by atoms with Crippen LogP contribution in [0.4, 0.5) is 11.4 Å². The molecule has 196 valence electrons. The molecule has 7 rings (SSSR count). The summed E-state index contributed by atoms with van der Waals surface area (Å²) < 4.78 is 0.915. The Bertz CT molecular complexity index is 1480. The van der Waals surface area contributed by atoms with Gasteiger partial charge in [-0.3, -0.25) is 19.3 Å². The highest BCUT2D eigenvalue weighted by Crippen LogP contribution is 2.68. The average molecular weight is 611 g/mol. The summed E-state index contributed by atoms with van der Waals surface area (Å²) in [7, 11) is 0. The number of thioether (sulfide) groups is 1. The van der Waals surface area contributed by atoms with E-state index in [0.29, 0.717) is 5.69 Å². The molecule has 38 heavy (non-hydrogen) atoms. The molecule has 0 spiro atoms. The van der Waals surface area contributed by atoms with Gasteiger partial charge in [0.2, 0.25) is 11.8 Å². The Morgan fingerprint density at radius 2 is 1.61 bits per heavy atom. The van der Waals surface area contributed by atoms with Gasteiger partial charge in [-0.25, -0.2) is 0 Å². The van der Waals surface area contributed by atoms with Gasteiger partial charge in [-0.05, 0) is 80.0 Å². The fourth-order valence-electron chi connectivity index (χ4n) is 7.72. The molecule has 2 saturated carbocycles. The van der Waals surface area contributed by atoms with Gasteiger partial charge in [-0.2, -0.15) is 0 Å². The van der Waals surface area contributed by atoms with Gasteiger partial charge in [0, 0.05) is 39.3 Å². The second-order valence-electron chi connectivity index (χ2n) is 10.7. The lowest BCUT2D eigenvalue weighted by Crippen LogP contribution is -2.42. The van der Waals surface area contributed by atoms with E-state index in [0.717, 1.165) is 33.9 Å². The predicted molar refractivity (Wildman–Crippen MR) is 155 cm³/mol. The van der Waals surface area contributed by atoms with Crippen molar-refractivity contribution in [2.45, 2.75) is 36.5 Å². The molecule has 2 aliphatic heterocycles. The molecule has 0 radical (unpaired) electrons. The van der Waals surface area contributed by atoms with Crippen LogP contribution in [0.1, 0.15) is 36.6 Å². The normalized spacial score (nSPS) is 30.9. The lowest BCUT2D eigenvalue weighted by atomic mass is 9.68. The number of amides is 2. The Kier molecular flexibility index (Phi) is 5.91. The van der Waals surface area contributed by atoms with E-state index in [1.54, 1.807) is 11.8 Å². The molecule has 3 fully saturated rings. The first-order valence-electron chi connectivity index (χ1n) is 13.3. The standard InChI is InChI=1S/C29H28BrN3O3S2/c1-3-32(4-2)16-9-5-14(6-10-16)20-21-18-13-19(24(21)37-26-25(20)38-29(36)31-26)23-22(18)27(34)33(28(23)35)17-11-7-15(30)8-12-17/h5-12,18-24H,3-4,13H2,1-2H3,(H,31,36)/t18-,19-,20?,21?,22?,23?,24?/m1/s1. The van der Waals surface area contributed by atoms with Crippen molar-refractivity contribution in [3.05, 3.63) is 73.1 Å². The summed E-state index contributed by atoms with van der Waals surface area (Å²) in [6, 6.07) is 16.2. The molecule has 3 heterocycles. The predicted octanol–water partition coefficient (Wildman–Crippen LogP) is 5.72. The highest BCUT2D eigenvalue weighted by molar-refractivity contribution is 9.10. The molecule has 2 bridgehead atoms. The van der Waals surface area contributed by atoms with Gasteiger partial charge >= 0.3 is 4.87 Å². The molecule has 2 aromatic carbocycles. The molecule has 7 atom stereocenters. The number of nitrogens with one attached hydrogen (secondary N) is 1. The highest BCUT2D eigenvalue weighted by atomic mass is 79.9. The van der Waals surface area contributed by atoms with Crippen molar-refractivity contribution >= 4 is 62.2 Å². The Labute approximate surface area is 237 Å². The number of imide groups is 1. The number of nitrogens with zero attached hydrogens (tertiary/aromatic N) is 2. The number of fused-ring (bicyclic) bond motifs is 9. The van der Waals surface area contributed by atoms with Crippen LogP contribution in [0.5, 0.6) is 0 Å². The molecule has 2 aliphatic carbocycles. The highest BCUT2D eigenvalue weighted by Gasteiger charge is 2.69. The van der Waals surface area contributed by atoms with E-state index in [-0.39, 0.29) is 57.4 Å². The van der Waals surface area contributed by atoms with E-state index < -0.39 is 0 Å². The number of hydrogen-bond acceptors (Lipinski definition) is 6. The van der Waals surface area contributed by atoms with E-state index in [1.165, 1.54) is 27.5 Å². The summed E-state index contributed by atoms with van der Waals surface area (Å²) in [5.74, 6) is -0.156. The molecule has 5 unspecified atom stereocenters. The lowest BCUT2D eigenvalue weighted by Gasteiger charge is -2.43. The third kappa shape index (κ3) is 3.47. The van der Waals surface area contributed by atoms with Crippen LogP contribution in [-0.2, 0) is 9.59 Å². The zero-order valence-corrected chi connectivity index (χ0v) is 24.3. The number of aromatic amines is 1. The second-order valence-corrected chi connectivity index (χ2v) is 13.8. The molecular formula is C29H28BrN3O3S2. The Balaban J connectivity index is 1.28. The first-order valence-corrected chi connectivity index (χ1v) is 15.8. The molecule has 6 nitrogen and oxygen atoms in total. The number of benzene rings is 2. The van der Waals surface area contributed by atoms with Crippen molar-refractivity contribution in [2.75, 3.05) is 22.9 Å². The number of halogens is 1. The maximum Gasteiger partial charge on any atom is 0.305 e. The summed E-state index contributed by atoms with van der Waals surface area (Å²) >= 11 is 6.49. The number of carbonyl (C=O) groups excluding carboxylic acids is 2. The van der Waals surface area contributed by atoms with Gasteiger partial charge < -0.3 is 9.88 Å². The summed E-state index contributed by atoms with van der Waals surface area (Å²) in [6.07, 6.45) is 0.899. The Morgan fingerprint density at radius 3 is 2.26 bits per heavy atom. The smallest absolute Gasteiger partial charge is 0.305 e. The van der Waals surface area contributed by atoms with Crippen LogP contribution in [0.15, 0.2) is 62.8 Å². The van der Waals surface area contributed by atoms with Crippen molar-refractivity contribution in [3.63, 3.8) is 0 Å². The fourth-order valence-corrected chi connectivity index (χ4v) is 10.9. The van der Waals surface area contributed by atoms with Crippen LogP contribution in [0.3, 0.4) is 0 Å². The third-order valence-corrected chi connectivity index (χ3v) is 12.3. The minimum Gasteiger partial charge on any atom is -0.372 e. The minimum absolute atomic E-state index is 0.0339. The molecule has 1 saturated heterocycles. The van der Waals surface area contributed by atoms with Gasteiger partial charge in [0.15, 0.2) is 0 Å². The molecular weight excluding hydrogens is 582 g/mol. The molecule has 2 amide bonds. The van der Waals surface area contributed by atoms with Crippen LogP contribution >= 0.6 is 39.0 Å². The monoisotopic (exact) mass is 609 g/mol. The van der Waals surface area contributed by atoms with Crippen molar-refractivity contribution in [3.8, 4) is 0 Å². The number of anilines is 2. The molecule has 4 aliphatic rings. The Hall–Kier alpha value is -2.36. The Morgan fingerprint density at radius 1 is 0.947 bits per heavy atom. The van der Waals surface area contributed by atoms with Gasteiger partial charge in [0.05, 0.1) is 22.5 Å². The van der Waals surface area contributed by atoms with Crippen molar-refractivity contribution in [1.82, 2.24) is 4.98 Å². The largest absolute Gasteiger partial charge is 0.372 e. The van der Waals surface area contributed by atoms with Gasteiger partial charge in [-0.1, -0.05) is 39.4 Å². The van der Waals surface area contributed by atoms with E-state index in [4.69, 9.17) is 0 Å². The lowest BCUT2D eigenvalue weighted by molar-refractivity contribution is -0.123. The molecule has 1 aromatic heterocycles. The van der Waals surface area contributed by atoms with Crippen LogP contribution in [0, 0.1) is 29.6 Å². The maximum atomic E-state index is 13.9. The first kappa shape index (κ1) is 24.7. The maximum absolute atomic E-state index is 13.9. The number of aromatic nitrogens is 1. The van der Waals surface area contributed by atoms with E-state index in [2.05, 4.69) is 63.9 Å². The zero-order chi connectivity index (χ0) is 26.3. The quantitative estimate of drug-likeness (QED) is 0.374. The van der Waals surface area contributed by atoms with Crippen molar-refractivity contribution < 1.29 is 9.59 Å². The number of H-pyrrole nitrogens is 1. The van der Waals surface area contributed by atoms with Crippen LogP contribution < -0.4 is 14.7 Å². The van der Waals surface area contributed by atoms with E-state index >= 15 is 0 Å². The third-order valence-electron chi connectivity index (χ3n) is 9.19. The van der Waals surface area contributed by atoms with Crippen LogP contribution in [0.2, 0.25) is 0 Å².